The number of benzene rings is 1. The Labute approximate surface area is 104 Å². The zero-order valence-corrected chi connectivity index (χ0v) is 11.4. The normalized spacial score (nSPS) is 10.8. The molecule has 1 heterocycles. The van der Waals surface area contributed by atoms with Crippen molar-refractivity contribution >= 4 is 15.9 Å². The highest BCUT2D eigenvalue weighted by Gasteiger charge is 2.12. The van der Waals surface area contributed by atoms with Crippen LogP contribution in [0.2, 0.25) is 0 Å². The summed E-state index contributed by atoms with van der Waals surface area (Å²) in [5, 5.41) is 4.61. The van der Waals surface area contributed by atoms with E-state index in [0.29, 0.717) is 0 Å². The highest BCUT2D eigenvalue weighted by molar-refractivity contribution is 9.10. The van der Waals surface area contributed by atoms with E-state index in [9.17, 15) is 0 Å². The van der Waals surface area contributed by atoms with Gasteiger partial charge >= 0.3 is 0 Å². The maximum absolute atomic E-state index is 4.61. The summed E-state index contributed by atoms with van der Waals surface area (Å²) >= 11 is 3.62. The maximum Gasteiger partial charge on any atom is 0.107 e. The second-order valence-corrected chi connectivity index (χ2v) is 4.73. The molecule has 0 spiro atoms. The molecule has 0 radical (unpaired) electrons. The van der Waals surface area contributed by atoms with Gasteiger partial charge in [0.2, 0.25) is 0 Å². The molecular weight excluding hydrogens is 264 g/mol. The number of nitrogens with zero attached hydrogens (tertiary/aromatic N) is 2. The van der Waals surface area contributed by atoms with Gasteiger partial charge in [-0.05, 0) is 42.8 Å². The Morgan fingerprint density at radius 3 is 2.62 bits per heavy atom. The van der Waals surface area contributed by atoms with E-state index >= 15 is 0 Å². The van der Waals surface area contributed by atoms with E-state index < -0.39 is 0 Å². The maximum atomic E-state index is 4.61. The lowest BCUT2D eigenvalue weighted by Gasteiger charge is -1.99. The lowest BCUT2D eigenvalue weighted by Crippen LogP contribution is -1.98. The van der Waals surface area contributed by atoms with Crippen LogP contribution in [0.15, 0.2) is 28.7 Å². The van der Waals surface area contributed by atoms with E-state index in [1.165, 1.54) is 16.8 Å². The van der Waals surface area contributed by atoms with Crippen molar-refractivity contribution in [1.82, 2.24) is 9.78 Å². The highest BCUT2D eigenvalue weighted by atomic mass is 79.9. The molecule has 0 aliphatic rings. The number of hydrogen-bond donors (Lipinski definition) is 0. The minimum atomic E-state index is 0.899. The highest BCUT2D eigenvalue weighted by Crippen LogP contribution is 2.30. The first-order chi connectivity index (χ1) is 7.63. The zero-order valence-electron chi connectivity index (χ0n) is 9.79. The molecule has 0 aliphatic carbocycles. The third-order valence-corrected chi connectivity index (χ3v) is 3.67. The minimum Gasteiger partial charge on any atom is -0.268 e. The number of aromatic nitrogens is 2. The van der Waals surface area contributed by atoms with Gasteiger partial charge in [-0.15, -0.1) is 0 Å². The van der Waals surface area contributed by atoms with Crippen LogP contribution in [-0.2, 0) is 6.54 Å². The molecule has 0 aliphatic heterocycles. The van der Waals surface area contributed by atoms with Crippen LogP contribution in [0.25, 0.3) is 11.3 Å². The van der Waals surface area contributed by atoms with Crippen LogP contribution >= 0.6 is 15.9 Å². The van der Waals surface area contributed by atoms with E-state index in [1.54, 1.807) is 0 Å². The van der Waals surface area contributed by atoms with Gasteiger partial charge in [0.1, 0.15) is 5.69 Å². The van der Waals surface area contributed by atoms with Gasteiger partial charge in [0.15, 0.2) is 0 Å². The van der Waals surface area contributed by atoms with Gasteiger partial charge in [-0.1, -0.05) is 23.8 Å². The molecule has 0 unspecified atom stereocenters. The van der Waals surface area contributed by atoms with Crippen LogP contribution in [-0.4, -0.2) is 9.78 Å². The summed E-state index contributed by atoms with van der Waals surface area (Å²) in [5.41, 5.74) is 4.64. The van der Waals surface area contributed by atoms with Crippen molar-refractivity contribution in [1.29, 1.82) is 0 Å². The summed E-state index contributed by atoms with van der Waals surface area (Å²) in [7, 11) is 0. The Morgan fingerprint density at radius 2 is 2.06 bits per heavy atom. The molecule has 3 heteroatoms. The summed E-state index contributed by atoms with van der Waals surface area (Å²) < 4.78 is 3.11. The smallest absolute Gasteiger partial charge is 0.107 e. The molecular formula is C13H15BrN2. The van der Waals surface area contributed by atoms with Crippen molar-refractivity contribution in [2.45, 2.75) is 27.3 Å². The Bertz CT molecular complexity index is 515. The average molecular weight is 279 g/mol. The lowest BCUT2D eigenvalue weighted by atomic mass is 10.1. The molecule has 0 atom stereocenters. The number of halogens is 1. The topological polar surface area (TPSA) is 17.8 Å². The second-order valence-electron chi connectivity index (χ2n) is 3.93. The third kappa shape index (κ3) is 1.92. The molecule has 0 N–H and O–H groups in total. The molecule has 2 rings (SSSR count). The molecule has 1 aromatic heterocycles. The fraction of sp³-hybridized carbons (Fsp3) is 0.308. The van der Waals surface area contributed by atoms with E-state index in [4.69, 9.17) is 0 Å². The van der Waals surface area contributed by atoms with Gasteiger partial charge in [-0.2, -0.15) is 5.10 Å². The third-order valence-electron chi connectivity index (χ3n) is 2.72. The van der Waals surface area contributed by atoms with E-state index in [-0.39, 0.29) is 0 Å². The minimum absolute atomic E-state index is 0.899. The van der Waals surface area contributed by atoms with Crippen molar-refractivity contribution in [2.24, 2.45) is 0 Å². The summed E-state index contributed by atoms with van der Waals surface area (Å²) in [6, 6.07) is 8.42. The first-order valence-electron chi connectivity index (χ1n) is 5.43. The zero-order chi connectivity index (χ0) is 11.7. The fourth-order valence-electron chi connectivity index (χ4n) is 1.81. The first-order valence-corrected chi connectivity index (χ1v) is 6.22. The predicted molar refractivity (Wildman–Crippen MR) is 70.5 cm³/mol. The van der Waals surface area contributed by atoms with Crippen molar-refractivity contribution in [3.63, 3.8) is 0 Å². The SMILES string of the molecule is CCn1nc(-c2cccc(C)c2)c(Br)c1C. The second kappa shape index (κ2) is 4.42. The fourth-order valence-corrected chi connectivity index (χ4v) is 2.32. The quantitative estimate of drug-likeness (QED) is 0.814. The van der Waals surface area contributed by atoms with Gasteiger partial charge in [0.25, 0.3) is 0 Å². The molecule has 2 aromatic rings. The number of rotatable bonds is 2. The van der Waals surface area contributed by atoms with Crippen molar-refractivity contribution in [3.8, 4) is 11.3 Å². The summed E-state index contributed by atoms with van der Waals surface area (Å²) in [6.07, 6.45) is 0. The molecule has 0 saturated carbocycles. The van der Waals surface area contributed by atoms with E-state index in [2.05, 4.69) is 66.1 Å². The van der Waals surface area contributed by atoms with Crippen molar-refractivity contribution < 1.29 is 0 Å². The molecule has 2 nitrogen and oxygen atoms in total. The van der Waals surface area contributed by atoms with Crippen LogP contribution in [0, 0.1) is 13.8 Å². The van der Waals surface area contributed by atoms with Crippen LogP contribution < -0.4 is 0 Å². The predicted octanol–water partition coefficient (Wildman–Crippen LogP) is 3.95. The van der Waals surface area contributed by atoms with Crippen LogP contribution in [0.1, 0.15) is 18.2 Å². The van der Waals surface area contributed by atoms with Gasteiger partial charge in [-0.3, -0.25) is 4.68 Å². The van der Waals surface area contributed by atoms with Crippen molar-refractivity contribution in [3.05, 3.63) is 40.0 Å². The molecule has 16 heavy (non-hydrogen) atoms. The van der Waals surface area contributed by atoms with Gasteiger partial charge < -0.3 is 0 Å². The van der Waals surface area contributed by atoms with E-state index in [1.807, 2.05) is 4.68 Å². The molecule has 1 aromatic carbocycles. The summed E-state index contributed by atoms with van der Waals surface area (Å²) in [5.74, 6) is 0. The van der Waals surface area contributed by atoms with Gasteiger partial charge in [0, 0.05) is 12.1 Å². The molecule has 0 saturated heterocycles. The molecule has 84 valence electrons. The molecule has 0 fully saturated rings. The van der Waals surface area contributed by atoms with Crippen molar-refractivity contribution in [2.75, 3.05) is 0 Å². The number of hydrogen-bond acceptors (Lipinski definition) is 1. The first kappa shape index (κ1) is 11.4. The monoisotopic (exact) mass is 278 g/mol. The Morgan fingerprint density at radius 1 is 1.31 bits per heavy atom. The van der Waals surface area contributed by atoms with E-state index in [0.717, 1.165) is 16.7 Å². The summed E-state index contributed by atoms with van der Waals surface area (Å²) in [4.78, 5) is 0. The number of aryl methyl sites for hydroxylation is 2. The summed E-state index contributed by atoms with van der Waals surface area (Å²) in [6.45, 7) is 7.18. The molecule has 0 amide bonds. The molecule has 0 bridgehead atoms. The standard InChI is InChI=1S/C13H15BrN2/c1-4-16-10(3)12(14)13(15-16)11-7-5-6-9(2)8-11/h5-8H,4H2,1-3H3. The Kier molecular flexibility index (Phi) is 3.15. The largest absolute Gasteiger partial charge is 0.268 e. The van der Waals surface area contributed by atoms with Crippen LogP contribution in [0.5, 0.6) is 0 Å². The average Bonchev–Trinajstić information content (AvgIpc) is 2.56. The van der Waals surface area contributed by atoms with Crippen LogP contribution in [0.4, 0.5) is 0 Å². The van der Waals surface area contributed by atoms with Gasteiger partial charge in [-0.25, -0.2) is 0 Å². The Hall–Kier alpha value is -1.09. The Balaban J connectivity index is 2.56. The lowest BCUT2D eigenvalue weighted by molar-refractivity contribution is 0.641. The van der Waals surface area contributed by atoms with Gasteiger partial charge in [0.05, 0.1) is 10.2 Å². The van der Waals surface area contributed by atoms with Crippen LogP contribution in [0.3, 0.4) is 0 Å².